The number of aromatic nitrogens is 2. The molecule has 3 aromatic rings. The van der Waals surface area contributed by atoms with Crippen molar-refractivity contribution in [3.05, 3.63) is 71.9 Å². The van der Waals surface area contributed by atoms with E-state index < -0.39 is 11.7 Å². The molecule has 26 heavy (non-hydrogen) atoms. The van der Waals surface area contributed by atoms with E-state index in [9.17, 15) is 13.2 Å². The second kappa shape index (κ2) is 7.11. The topological polar surface area (TPSA) is 73.6 Å². The fourth-order valence-electron chi connectivity index (χ4n) is 2.17. The summed E-state index contributed by atoms with van der Waals surface area (Å²) in [5, 5.41) is 14.8. The SMILES string of the molecule is N#Cc1cccc(Nc2ccnc(Nc3ccc(C(F)(F)F)cc3)n2)c1. The molecule has 0 amide bonds. The van der Waals surface area contributed by atoms with E-state index in [0.717, 1.165) is 12.1 Å². The lowest BCUT2D eigenvalue weighted by molar-refractivity contribution is -0.137. The Morgan fingerprint density at radius 3 is 2.38 bits per heavy atom. The van der Waals surface area contributed by atoms with Crippen molar-refractivity contribution in [3.8, 4) is 6.07 Å². The van der Waals surface area contributed by atoms with E-state index in [-0.39, 0.29) is 5.95 Å². The van der Waals surface area contributed by atoms with Gasteiger partial charge in [-0.25, -0.2) is 4.98 Å². The zero-order valence-electron chi connectivity index (χ0n) is 13.2. The van der Waals surface area contributed by atoms with Gasteiger partial charge in [-0.2, -0.15) is 23.4 Å². The Balaban J connectivity index is 1.74. The lowest BCUT2D eigenvalue weighted by Gasteiger charge is -2.10. The fourth-order valence-corrected chi connectivity index (χ4v) is 2.17. The Bertz CT molecular complexity index is 946. The summed E-state index contributed by atoms with van der Waals surface area (Å²) in [5.74, 6) is 0.704. The number of benzene rings is 2. The summed E-state index contributed by atoms with van der Waals surface area (Å²) in [5.41, 5.74) is 0.897. The van der Waals surface area contributed by atoms with Gasteiger partial charge in [0.05, 0.1) is 17.2 Å². The summed E-state index contributed by atoms with van der Waals surface area (Å²) in [7, 11) is 0. The van der Waals surface area contributed by atoms with Crippen molar-refractivity contribution in [2.75, 3.05) is 10.6 Å². The van der Waals surface area contributed by atoms with Crippen molar-refractivity contribution in [1.29, 1.82) is 5.26 Å². The molecule has 0 saturated heterocycles. The van der Waals surface area contributed by atoms with Crippen LogP contribution in [0.1, 0.15) is 11.1 Å². The molecule has 1 aromatic heterocycles. The maximum absolute atomic E-state index is 12.6. The van der Waals surface area contributed by atoms with Crippen LogP contribution in [0.15, 0.2) is 60.8 Å². The molecule has 0 aliphatic heterocycles. The Morgan fingerprint density at radius 2 is 1.69 bits per heavy atom. The van der Waals surface area contributed by atoms with Gasteiger partial charge in [-0.05, 0) is 48.5 Å². The molecule has 3 rings (SSSR count). The predicted octanol–water partition coefficient (Wildman–Crippen LogP) is 4.85. The molecule has 0 atom stereocenters. The smallest absolute Gasteiger partial charge is 0.340 e. The maximum atomic E-state index is 12.6. The highest BCUT2D eigenvalue weighted by molar-refractivity contribution is 5.61. The number of nitriles is 1. The molecular weight excluding hydrogens is 343 g/mol. The van der Waals surface area contributed by atoms with Crippen LogP contribution in [-0.2, 0) is 6.18 Å². The first-order valence-corrected chi connectivity index (χ1v) is 7.48. The van der Waals surface area contributed by atoms with Crippen LogP contribution in [0.3, 0.4) is 0 Å². The quantitative estimate of drug-likeness (QED) is 0.699. The van der Waals surface area contributed by atoms with Crippen molar-refractivity contribution < 1.29 is 13.2 Å². The molecule has 0 aliphatic rings. The molecule has 5 nitrogen and oxygen atoms in total. The number of alkyl halides is 3. The molecule has 1 heterocycles. The average Bonchev–Trinajstić information content (AvgIpc) is 2.62. The van der Waals surface area contributed by atoms with Gasteiger partial charge in [0, 0.05) is 17.6 Å². The van der Waals surface area contributed by atoms with Crippen LogP contribution in [0.2, 0.25) is 0 Å². The average molecular weight is 355 g/mol. The number of hydrogen-bond donors (Lipinski definition) is 2. The number of hydrogen-bond acceptors (Lipinski definition) is 5. The summed E-state index contributed by atoms with van der Waals surface area (Å²) in [6.07, 6.45) is -2.87. The van der Waals surface area contributed by atoms with Crippen LogP contribution in [-0.4, -0.2) is 9.97 Å². The number of anilines is 4. The van der Waals surface area contributed by atoms with E-state index in [1.165, 1.54) is 18.3 Å². The summed E-state index contributed by atoms with van der Waals surface area (Å²) in [4.78, 5) is 8.30. The van der Waals surface area contributed by atoms with E-state index >= 15 is 0 Å². The van der Waals surface area contributed by atoms with Gasteiger partial charge in [0.1, 0.15) is 5.82 Å². The standard InChI is InChI=1S/C18H12F3N5/c19-18(20,21)13-4-6-14(7-5-13)25-17-23-9-8-16(26-17)24-15-3-1-2-12(10-15)11-22/h1-10H,(H2,23,24,25,26). The van der Waals surface area contributed by atoms with Crippen LogP contribution in [0.4, 0.5) is 36.3 Å². The second-order valence-corrected chi connectivity index (χ2v) is 5.28. The van der Waals surface area contributed by atoms with Crippen molar-refractivity contribution in [2.24, 2.45) is 0 Å². The minimum Gasteiger partial charge on any atom is -0.340 e. The molecule has 0 aliphatic carbocycles. The Hall–Kier alpha value is -3.60. The van der Waals surface area contributed by atoms with Gasteiger partial charge in [-0.3, -0.25) is 0 Å². The first kappa shape index (κ1) is 17.2. The molecule has 8 heteroatoms. The van der Waals surface area contributed by atoms with Gasteiger partial charge < -0.3 is 10.6 Å². The summed E-state index contributed by atoms with van der Waals surface area (Å²) < 4.78 is 37.8. The van der Waals surface area contributed by atoms with Crippen LogP contribution < -0.4 is 10.6 Å². The van der Waals surface area contributed by atoms with E-state index in [4.69, 9.17) is 5.26 Å². The number of nitrogens with one attached hydrogen (secondary N) is 2. The first-order chi connectivity index (χ1) is 12.4. The summed E-state index contributed by atoms with van der Waals surface area (Å²) >= 11 is 0. The number of halogens is 3. The first-order valence-electron chi connectivity index (χ1n) is 7.48. The molecule has 0 radical (unpaired) electrons. The van der Waals surface area contributed by atoms with Crippen molar-refractivity contribution in [2.45, 2.75) is 6.18 Å². The lowest BCUT2D eigenvalue weighted by Crippen LogP contribution is -2.05. The highest BCUT2D eigenvalue weighted by Gasteiger charge is 2.29. The van der Waals surface area contributed by atoms with E-state index in [1.807, 2.05) is 6.07 Å². The normalized spacial score (nSPS) is 10.8. The molecule has 2 N–H and O–H groups in total. The van der Waals surface area contributed by atoms with E-state index in [0.29, 0.717) is 22.8 Å². The van der Waals surface area contributed by atoms with Crippen LogP contribution >= 0.6 is 0 Å². The zero-order valence-corrected chi connectivity index (χ0v) is 13.2. The molecule has 0 saturated carbocycles. The third kappa shape index (κ3) is 4.27. The molecule has 2 aromatic carbocycles. The van der Waals surface area contributed by atoms with Crippen LogP contribution in [0, 0.1) is 11.3 Å². The third-order valence-corrected chi connectivity index (χ3v) is 3.39. The van der Waals surface area contributed by atoms with Gasteiger partial charge in [0.2, 0.25) is 5.95 Å². The highest BCUT2D eigenvalue weighted by atomic mass is 19.4. The minimum absolute atomic E-state index is 0.228. The largest absolute Gasteiger partial charge is 0.416 e. The summed E-state index contributed by atoms with van der Waals surface area (Å²) in [6, 6.07) is 15.1. The van der Waals surface area contributed by atoms with Gasteiger partial charge in [0.25, 0.3) is 0 Å². The highest BCUT2D eigenvalue weighted by Crippen LogP contribution is 2.30. The Labute approximate surface area is 147 Å². The van der Waals surface area contributed by atoms with E-state index in [2.05, 4.69) is 20.6 Å². The molecule has 130 valence electrons. The second-order valence-electron chi connectivity index (χ2n) is 5.28. The van der Waals surface area contributed by atoms with Crippen LogP contribution in [0.25, 0.3) is 0 Å². The Kier molecular flexibility index (Phi) is 4.71. The van der Waals surface area contributed by atoms with Crippen molar-refractivity contribution in [3.63, 3.8) is 0 Å². The number of nitrogens with zero attached hydrogens (tertiary/aromatic N) is 3. The molecule has 0 unspecified atom stereocenters. The molecule has 0 spiro atoms. The predicted molar refractivity (Wildman–Crippen MR) is 91.2 cm³/mol. The summed E-state index contributed by atoms with van der Waals surface area (Å²) in [6.45, 7) is 0. The van der Waals surface area contributed by atoms with Gasteiger partial charge in [0.15, 0.2) is 0 Å². The molecule has 0 bridgehead atoms. The molecular formula is C18H12F3N5. The number of rotatable bonds is 4. The fraction of sp³-hybridized carbons (Fsp3) is 0.0556. The maximum Gasteiger partial charge on any atom is 0.416 e. The minimum atomic E-state index is -4.38. The zero-order chi connectivity index (χ0) is 18.6. The Morgan fingerprint density at radius 1 is 0.923 bits per heavy atom. The lowest BCUT2D eigenvalue weighted by atomic mass is 10.2. The van der Waals surface area contributed by atoms with Gasteiger partial charge in [-0.1, -0.05) is 6.07 Å². The van der Waals surface area contributed by atoms with Crippen molar-refractivity contribution >= 4 is 23.1 Å². The van der Waals surface area contributed by atoms with Gasteiger partial charge in [-0.15, -0.1) is 0 Å². The monoisotopic (exact) mass is 355 g/mol. The third-order valence-electron chi connectivity index (χ3n) is 3.39. The van der Waals surface area contributed by atoms with Gasteiger partial charge >= 0.3 is 6.18 Å². The van der Waals surface area contributed by atoms with E-state index in [1.54, 1.807) is 30.3 Å². The van der Waals surface area contributed by atoms with Crippen LogP contribution in [0.5, 0.6) is 0 Å². The molecule has 0 fully saturated rings. The van der Waals surface area contributed by atoms with Crippen molar-refractivity contribution in [1.82, 2.24) is 9.97 Å².